The summed E-state index contributed by atoms with van der Waals surface area (Å²) in [6, 6.07) is 4.35. The molecule has 0 saturated heterocycles. The monoisotopic (exact) mass is 338 g/mol. The van der Waals surface area contributed by atoms with Crippen LogP contribution in [0.15, 0.2) is 35.7 Å². The molecular weight excluding hydrogens is 316 g/mol. The van der Waals surface area contributed by atoms with Gasteiger partial charge >= 0.3 is 5.97 Å². The van der Waals surface area contributed by atoms with E-state index in [1.54, 1.807) is 0 Å². The van der Waals surface area contributed by atoms with Crippen molar-refractivity contribution in [2.45, 2.75) is 43.0 Å². The lowest BCUT2D eigenvalue weighted by atomic mass is 9.95. The van der Waals surface area contributed by atoms with Gasteiger partial charge in [0.15, 0.2) is 0 Å². The van der Waals surface area contributed by atoms with Crippen molar-refractivity contribution >= 4 is 21.7 Å². The molecule has 7 heteroatoms. The van der Waals surface area contributed by atoms with Crippen molar-refractivity contribution in [3.05, 3.63) is 36.4 Å². The molecule has 23 heavy (non-hydrogen) atoms. The second kappa shape index (κ2) is 7.61. The lowest BCUT2D eigenvalue weighted by Gasteiger charge is -2.25. The molecule has 0 bridgehead atoms. The van der Waals surface area contributed by atoms with Crippen LogP contribution in [0.1, 0.15) is 42.5 Å². The highest BCUT2D eigenvalue weighted by Crippen LogP contribution is 2.27. The number of rotatable bonds is 7. The first kappa shape index (κ1) is 17.5. The van der Waals surface area contributed by atoms with Gasteiger partial charge < -0.3 is 10.4 Å². The third-order valence-electron chi connectivity index (χ3n) is 3.90. The van der Waals surface area contributed by atoms with E-state index in [4.69, 9.17) is 5.11 Å². The molecule has 1 fully saturated rings. The normalized spacial score (nSPS) is 16.0. The Morgan fingerprint density at radius 3 is 2.61 bits per heavy atom. The standard InChI is InChI=1S/C16H22N2O4S/c1-2-10-17-23(21,22)15-11-12(16(19)20)8-9-14(15)18-13-6-4-3-5-7-13/h2,8-9,11,13,17-18H,1,3-7,10H2,(H,19,20). The fourth-order valence-electron chi connectivity index (χ4n) is 2.71. The van der Waals surface area contributed by atoms with Crippen LogP contribution in [0, 0.1) is 0 Å². The van der Waals surface area contributed by atoms with Crippen molar-refractivity contribution in [2.24, 2.45) is 0 Å². The fourth-order valence-corrected chi connectivity index (χ4v) is 3.90. The summed E-state index contributed by atoms with van der Waals surface area (Å²) in [7, 11) is -3.81. The lowest BCUT2D eigenvalue weighted by Crippen LogP contribution is -2.27. The minimum absolute atomic E-state index is 0.0372. The number of carbonyl (C=O) groups is 1. The average molecular weight is 338 g/mol. The van der Waals surface area contributed by atoms with E-state index in [9.17, 15) is 13.2 Å². The van der Waals surface area contributed by atoms with Crippen molar-refractivity contribution in [3.8, 4) is 0 Å². The molecule has 0 radical (unpaired) electrons. The predicted octanol–water partition coefficient (Wildman–Crippen LogP) is 2.59. The van der Waals surface area contributed by atoms with Gasteiger partial charge in [0.1, 0.15) is 4.90 Å². The number of benzene rings is 1. The number of carboxylic acids is 1. The molecule has 1 aromatic rings. The summed E-state index contributed by atoms with van der Waals surface area (Å²) in [5.41, 5.74) is 0.386. The van der Waals surface area contributed by atoms with E-state index in [1.807, 2.05) is 0 Å². The number of aromatic carboxylic acids is 1. The van der Waals surface area contributed by atoms with Crippen LogP contribution in [0.4, 0.5) is 5.69 Å². The van der Waals surface area contributed by atoms with E-state index in [2.05, 4.69) is 16.6 Å². The molecule has 0 heterocycles. The molecule has 3 N–H and O–H groups in total. The van der Waals surface area contributed by atoms with Crippen molar-refractivity contribution in [2.75, 3.05) is 11.9 Å². The molecule has 126 valence electrons. The molecule has 0 spiro atoms. The van der Waals surface area contributed by atoms with E-state index in [-0.39, 0.29) is 23.0 Å². The molecule has 0 aromatic heterocycles. The fraction of sp³-hybridized carbons (Fsp3) is 0.438. The first-order valence-electron chi connectivity index (χ1n) is 7.68. The second-order valence-corrected chi connectivity index (χ2v) is 7.37. The summed E-state index contributed by atoms with van der Waals surface area (Å²) in [6.07, 6.45) is 6.83. The minimum Gasteiger partial charge on any atom is -0.478 e. The largest absolute Gasteiger partial charge is 0.478 e. The summed E-state index contributed by atoms with van der Waals surface area (Å²) in [5.74, 6) is -1.16. The van der Waals surface area contributed by atoms with Crippen molar-refractivity contribution in [1.29, 1.82) is 0 Å². The maximum absolute atomic E-state index is 12.4. The highest BCUT2D eigenvalue weighted by molar-refractivity contribution is 7.89. The topological polar surface area (TPSA) is 95.5 Å². The van der Waals surface area contributed by atoms with Gasteiger partial charge in [-0.3, -0.25) is 0 Å². The van der Waals surface area contributed by atoms with Gasteiger partial charge in [0.2, 0.25) is 10.0 Å². The second-order valence-electron chi connectivity index (χ2n) is 5.64. The molecule has 0 amide bonds. The molecule has 0 unspecified atom stereocenters. The summed E-state index contributed by atoms with van der Waals surface area (Å²) < 4.78 is 27.3. The molecule has 1 saturated carbocycles. The molecule has 0 atom stereocenters. The predicted molar refractivity (Wildman–Crippen MR) is 89.3 cm³/mol. The van der Waals surface area contributed by atoms with Crippen LogP contribution in [-0.4, -0.2) is 32.1 Å². The van der Waals surface area contributed by atoms with Gasteiger partial charge in [-0.15, -0.1) is 6.58 Å². The van der Waals surface area contributed by atoms with Crippen LogP contribution in [-0.2, 0) is 10.0 Å². The maximum atomic E-state index is 12.4. The van der Waals surface area contributed by atoms with Gasteiger partial charge in [-0.05, 0) is 31.0 Å². The summed E-state index contributed by atoms with van der Waals surface area (Å²) in [5, 5.41) is 12.4. The number of nitrogens with one attached hydrogen (secondary N) is 2. The van der Waals surface area contributed by atoms with Crippen molar-refractivity contribution in [3.63, 3.8) is 0 Å². The molecule has 1 aromatic carbocycles. The number of carboxylic acid groups (broad SMARTS) is 1. The molecule has 6 nitrogen and oxygen atoms in total. The highest BCUT2D eigenvalue weighted by Gasteiger charge is 2.22. The number of hydrogen-bond donors (Lipinski definition) is 3. The zero-order chi connectivity index (χ0) is 16.9. The summed E-state index contributed by atoms with van der Waals surface area (Å²) in [4.78, 5) is 11.1. The number of hydrogen-bond acceptors (Lipinski definition) is 4. The molecule has 1 aliphatic carbocycles. The Hall–Kier alpha value is -1.86. The molecule has 2 rings (SSSR count). The Kier molecular flexibility index (Phi) is 5.79. The van der Waals surface area contributed by atoms with Gasteiger partial charge in [0.25, 0.3) is 0 Å². The number of anilines is 1. The zero-order valence-electron chi connectivity index (χ0n) is 12.9. The Balaban J connectivity index is 2.36. The zero-order valence-corrected chi connectivity index (χ0v) is 13.7. The van der Waals surface area contributed by atoms with E-state index >= 15 is 0 Å². The first-order chi connectivity index (χ1) is 10.9. The van der Waals surface area contributed by atoms with Gasteiger partial charge in [-0.2, -0.15) is 0 Å². The van der Waals surface area contributed by atoms with E-state index in [0.29, 0.717) is 5.69 Å². The Bertz CT molecular complexity index is 679. The molecule has 1 aliphatic rings. The van der Waals surface area contributed by atoms with Crippen molar-refractivity contribution < 1.29 is 18.3 Å². The minimum atomic E-state index is -3.81. The van der Waals surface area contributed by atoms with Gasteiger partial charge in [0.05, 0.1) is 11.3 Å². The van der Waals surface area contributed by atoms with Crippen LogP contribution >= 0.6 is 0 Å². The Morgan fingerprint density at radius 1 is 1.30 bits per heavy atom. The van der Waals surface area contributed by atoms with Crippen molar-refractivity contribution in [1.82, 2.24) is 4.72 Å². The first-order valence-corrected chi connectivity index (χ1v) is 9.17. The Morgan fingerprint density at radius 2 is 2.00 bits per heavy atom. The van der Waals surface area contributed by atoms with Crippen LogP contribution in [0.5, 0.6) is 0 Å². The maximum Gasteiger partial charge on any atom is 0.335 e. The highest BCUT2D eigenvalue weighted by atomic mass is 32.2. The average Bonchev–Trinajstić information content (AvgIpc) is 2.54. The quantitative estimate of drug-likeness (QED) is 0.664. The molecular formula is C16H22N2O4S. The van der Waals surface area contributed by atoms with E-state index in [0.717, 1.165) is 25.7 Å². The number of sulfonamides is 1. The summed E-state index contributed by atoms with van der Waals surface area (Å²) in [6.45, 7) is 3.57. The van der Waals surface area contributed by atoms with Gasteiger partial charge in [-0.1, -0.05) is 25.3 Å². The van der Waals surface area contributed by atoms with Crippen LogP contribution in [0.25, 0.3) is 0 Å². The van der Waals surface area contributed by atoms with Crippen LogP contribution in [0.2, 0.25) is 0 Å². The van der Waals surface area contributed by atoms with Crippen LogP contribution < -0.4 is 10.0 Å². The third-order valence-corrected chi connectivity index (χ3v) is 5.36. The summed E-state index contributed by atoms with van der Waals surface area (Å²) >= 11 is 0. The van der Waals surface area contributed by atoms with E-state index in [1.165, 1.54) is 30.7 Å². The van der Waals surface area contributed by atoms with Gasteiger partial charge in [0, 0.05) is 12.6 Å². The van der Waals surface area contributed by atoms with Crippen LogP contribution in [0.3, 0.4) is 0 Å². The SMILES string of the molecule is C=CCNS(=O)(=O)c1cc(C(=O)O)ccc1NC1CCCCC1. The smallest absolute Gasteiger partial charge is 0.335 e. The third kappa shape index (κ3) is 4.56. The Labute approximate surface area is 136 Å². The lowest BCUT2D eigenvalue weighted by molar-refractivity contribution is 0.0696. The van der Waals surface area contributed by atoms with Gasteiger partial charge in [-0.25, -0.2) is 17.9 Å². The molecule has 0 aliphatic heterocycles. The van der Waals surface area contributed by atoms with E-state index < -0.39 is 16.0 Å².